The molecule has 3 aliphatic carbocycles. The normalized spacial score (nSPS) is 28.7. The van der Waals surface area contributed by atoms with E-state index in [1.165, 1.54) is 6.92 Å². The summed E-state index contributed by atoms with van der Waals surface area (Å²) in [5.41, 5.74) is -3.48. The minimum atomic E-state index is -5.09. The molecule has 9 nitrogen and oxygen atoms in total. The molecule has 7 rings (SSSR count). The first-order valence-electron chi connectivity index (χ1n) is 18.7. The number of rotatable bonds is 9. The van der Waals surface area contributed by atoms with Crippen molar-refractivity contribution in [2.24, 2.45) is 11.8 Å². The van der Waals surface area contributed by atoms with Gasteiger partial charge in [-0.3, -0.25) is 14.5 Å². The Balaban J connectivity index is 1.14. The van der Waals surface area contributed by atoms with E-state index in [2.05, 4.69) is 15.3 Å². The van der Waals surface area contributed by atoms with E-state index in [-0.39, 0.29) is 88.1 Å². The predicted octanol–water partition coefficient (Wildman–Crippen LogP) is 8.47. The van der Waals surface area contributed by atoms with Crippen molar-refractivity contribution < 1.29 is 54.6 Å². The Morgan fingerprint density at radius 2 is 1.65 bits per heavy atom. The fraction of sp³-hybridized carbons (Fsp3) is 0.632. The highest BCUT2D eigenvalue weighted by molar-refractivity contribution is 5.97. The fourth-order valence-corrected chi connectivity index (χ4v) is 8.95. The standard InChI is InChI=1S/C38H43F8N5O4/c1-35(39)14-21(12-22(15-35)34(53)54)16-48-33(52)28-17-47-32(49-31(28)38(44,45)46)29-18-51(24-8-10-36(40,41)11-9-24)30-13-26(6-7-27(29)30)55-25-4-2-23(3-5-25)50-19-37(42,43)20-50/h6-7,13,17-18,21-25H,2-5,8-12,14-16,19-20H2,1H3,(H,48,52)(H,53,54)/t21?,22-,23?,25?,35-/m0/s1. The van der Waals surface area contributed by atoms with E-state index in [9.17, 15) is 49.8 Å². The van der Waals surface area contributed by atoms with Crippen LogP contribution in [0.3, 0.4) is 0 Å². The fourth-order valence-electron chi connectivity index (χ4n) is 8.95. The largest absolute Gasteiger partial charge is 0.490 e. The van der Waals surface area contributed by atoms with Gasteiger partial charge in [0.2, 0.25) is 5.92 Å². The highest BCUT2D eigenvalue weighted by atomic mass is 19.4. The van der Waals surface area contributed by atoms with Crippen LogP contribution in [0, 0.1) is 11.8 Å². The van der Waals surface area contributed by atoms with Crippen LogP contribution in [0.1, 0.15) is 99.6 Å². The Hall–Kier alpha value is -4.02. The van der Waals surface area contributed by atoms with E-state index in [0.29, 0.717) is 42.3 Å². The molecule has 0 bridgehead atoms. The molecule has 17 heteroatoms. The summed E-state index contributed by atoms with van der Waals surface area (Å²) in [5, 5.41) is 12.3. The van der Waals surface area contributed by atoms with E-state index in [0.717, 1.165) is 6.20 Å². The van der Waals surface area contributed by atoms with E-state index in [1.807, 2.05) is 0 Å². The van der Waals surface area contributed by atoms with Gasteiger partial charge in [0.1, 0.15) is 11.4 Å². The highest BCUT2D eigenvalue weighted by Crippen LogP contribution is 2.44. The van der Waals surface area contributed by atoms with Crippen LogP contribution in [0.4, 0.5) is 35.1 Å². The van der Waals surface area contributed by atoms with Gasteiger partial charge in [0.05, 0.1) is 36.2 Å². The first-order valence-corrected chi connectivity index (χ1v) is 18.7. The second kappa shape index (κ2) is 14.5. The average Bonchev–Trinajstić information content (AvgIpc) is 3.47. The second-order valence-corrected chi connectivity index (χ2v) is 16.1. The number of alkyl halides is 8. The van der Waals surface area contributed by atoms with Crippen LogP contribution in [-0.2, 0) is 11.0 Å². The predicted molar refractivity (Wildman–Crippen MR) is 184 cm³/mol. The number of nitrogens with zero attached hydrogens (tertiary/aromatic N) is 4. The molecule has 300 valence electrons. The quantitative estimate of drug-likeness (QED) is 0.210. The Kier molecular flexibility index (Phi) is 10.3. The number of carbonyl (C=O) groups is 2. The number of likely N-dealkylation sites (tertiary alicyclic amines) is 1. The lowest BCUT2D eigenvalue weighted by Gasteiger charge is -2.46. The van der Waals surface area contributed by atoms with Crippen LogP contribution in [0.2, 0.25) is 0 Å². The molecule has 1 amide bonds. The molecule has 55 heavy (non-hydrogen) atoms. The van der Waals surface area contributed by atoms with Gasteiger partial charge in [-0.25, -0.2) is 31.9 Å². The summed E-state index contributed by atoms with van der Waals surface area (Å²) < 4.78 is 122. The number of nitrogens with one attached hydrogen (secondary N) is 1. The molecule has 1 saturated heterocycles. The summed E-state index contributed by atoms with van der Waals surface area (Å²) in [7, 11) is 0. The molecule has 4 aliphatic rings. The molecule has 3 aromatic rings. The molecule has 1 aromatic carbocycles. The molecule has 4 fully saturated rings. The number of aromatic nitrogens is 3. The van der Waals surface area contributed by atoms with Crippen molar-refractivity contribution >= 4 is 22.8 Å². The Labute approximate surface area is 311 Å². The maximum absolute atomic E-state index is 14.9. The number of hydrogen-bond acceptors (Lipinski definition) is 6. The van der Waals surface area contributed by atoms with E-state index in [1.54, 1.807) is 33.9 Å². The van der Waals surface area contributed by atoms with Gasteiger partial charge in [-0.1, -0.05) is 0 Å². The topological polar surface area (TPSA) is 110 Å². The summed E-state index contributed by atoms with van der Waals surface area (Å²) >= 11 is 0. The summed E-state index contributed by atoms with van der Waals surface area (Å²) in [6.07, 6.45) is -1.04. The van der Waals surface area contributed by atoms with Crippen molar-refractivity contribution in [3.8, 4) is 17.1 Å². The Bertz CT molecular complexity index is 1910. The Morgan fingerprint density at radius 1 is 0.964 bits per heavy atom. The maximum atomic E-state index is 14.9. The maximum Gasteiger partial charge on any atom is 0.434 e. The van der Waals surface area contributed by atoms with Gasteiger partial charge in [0.25, 0.3) is 11.8 Å². The zero-order valence-corrected chi connectivity index (χ0v) is 30.2. The van der Waals surface area contributed by atoms with Gasteiger partial charge in [-0.05, 0) is 82.8 Å². The number of carboxylic acid groups (broad SMARTS) is 1. The zero-order valence-electron chi connectivity index (χ0n) is 30.2. The lowest BCUT2D eigenvalue weighted by atomic mass is 9.74. The number of hydrogen-bond donors (Lipinski definition) is 2. The number of halogens is 8. The number of benzene rings is 1. The molecule has 1 aliphatic heterocycles. The van der Waals surface area contributed by atoms with Gasteiger partial charge >= 0.3 is 12.1 Å². The lowest BCUT2D eigenvalue weighted by Crippen LogP contribution is -2.60. The second-order valence-electron chi connectivity index (χ2n) is 16.1. The third-order valence-corrected chi connectivity index (χ3v) is 11.7. The van der Waals surface area contributed by atoms with Crippen LogP contribution < -0.4 is 10.1 Å². The number of amides is 1. The smallest absolute Gasteiger partial charge is 0.434 e. The van der Waals surface area contributed by atoms with Crippen LogP contribution in [0.5, 0.6) is 5.75 Å². The summed E-state index contributed by atoms with van der Waals surface area (Å²) in [4.78, 5) is 34.5. The molecule has 3 heterocycles. The molecule has 3 saturated carbocycles. The van der Waals surface area contributed by atoms with Gasteiger partial charge in [0, 0.05) is 60.9 Å². The summed E-state index contributed by atoms with van der Waals surface area (Å²) in [6.45, 7) is 0.524. The molecule has 1 unspecified atom stereocenters. The zero-order chi connectivity index (χ0) is 39.5. The van der Waals surface area contributed by atoms with Gasteiger partial charge in [0.15, 0.2) is 11.5 Å². The van der Waals surface area contributed by atoms with Gasteiger partial charge < -0.3 is 19.7 Å². The Morgan fingerprint density at radius 3 is 2.29 bits per heavy atom. The average molecular weight is 786 g/mol. The lowest BCUT2D eigenvalue weighted by molar-refractivity contribution is -0.151. The van der Waals surface area contributed by atoms with Crippen LogP contribution in [0.25, 0.3) is 22.3 Å². The highest BCUT2D eigenvalue weighted by Gasteiger charge is 2.47. The third-order valence-electron chi connectivity index (χ3n) is 11.7. The third kappa shape index (κ3) is 8.70. The molecule has 3 atom stereocenters. The molecule has 2 N–H and O–H groups in total. The first-order chi connectivity index (χ1) is 25.8. The van der Waals surface area contributed by atoms with Crippen LogP contribution >= 0.6 is 0 Å². The first kappa shape index (κ1) is 39.2. The van der Waals surface area contributed by atoms with Crippen molar-refractivity contribution in [3.05, 3.63) is 41.9 Å². The van der Waals surface area contributed by atoms with Crippen molar-refractivity contribution in [2.45, 2.75) is 119 Å². The summed E-state index contributed by atoms with van der Waals surface area (Å²) in [5.74, 6) is -9.32. The minimum absolute atomic E-state index is 0.0513. The van der Waals surface area contributed by atoms with Crippen LogP contribution in [-0.4, -0.2) is 85.7 Å². The molecule has 0 spiro atoms. The van der Waals surface area contributed by atoms with Crippen molar-refractivity contribution in [2.75, 3.05) is 19.6 Å². The number of aliphatic carboxylic acids is 1. The molecule has 0 radical (unpaired) electrons. The van der Waals surface area contributed by atoms with E-state index in [4.69, 9.17) is 4.74 Å². The van der Waals surface area contributed by atoms with Crippen molar-refractivity contribution in [1.82, 2.24) is 24.8 Å². The van der Waals surface area contributed by atoms with E-state index >= 15 is 0 Å². The number of carboxylic acids is 1. The molecule has 2 aromatic heterocycles. The van der Waals surface area contributed by atoms with E-state index < -0.39 is 64.7 Å². The SMILES string of the molecule is C[C@]1(F)CC(CNC(=O)c2cnc(-c3cn(C4CCC(F)(F)CC4)c4cc(OC5CCC(N6CC(F)(F)C6)CC5)ccc34)nc2C(F)(F)F)C[C@H](C(=O)O)C1. The number of ether oxygens (including phenoxy) is 1. The molecular formula is C38H43F8N5O4. The van der Waals surface area contributed by atoms with Crippen molar-refractivity contribution in [3.63, 3.8) is 0 Å². The number of fused-ring (bicyclic) bond motifs is 1. The monoisotopic (exact) mass is 785 g/mol. The number of carbonyl (C=O) groups excluding carboxylic acids is 1. The van der Waals surface area contributed by atoms with Crippen LogP contribution in [0.15, 0.2) is 30.6 Å². The van der Waals surface area contributed by atoms with Gasteiger partial charge in [-0.2, -0.15) is 13.2 Å². The summed E-state index contributed by atoms with van der Waals surface area (Å²) in [6, 6.07) is 4.66. The minimum Gasteiger partial charge on any atom is -0.490 e. The molecular weight excluding hydrogens is 742 g/mol. The van der Waals surface area contributed by atoms with Gasteiger partial charge in [-0.15, -0.1) is 0 Å². The van der Waals surface area contributed by atoms with Crippen molar-refractivity contribution in [1.29, 1.82) is 0 Å².